The van der Waals surface area contributed by atoms with E-state index in [1.165, 1.54) is 0 Å². The van der Waals surface area contributed by atoms with E-state index in [0.29, 0.717) is 11.1 Å². The first-order chi connectivity index (χ1) is 10.8. The number of hydrogen-bond donors (Lipinski definition) is 1. The fourth-order valence-electron chi connectivity index (χ4n) is 2.28. The van der Waals surface area contributed by atoms with E-state index in [0.717, 1.165) is 12.6 Å². The molecule has 1 unspecified atom stereocenters. The van der Waals surface area contributed by atoms with Crippen LogP contribution in [0.4, 0.5) is 13.2 Å². The number of rotatable bonds is 4. The number of carbonyl (C=O) groups is 1. The Morgan fingerprint density at radius 1 is 1.35 bits per heavy atom. The number of halogens is 4. The molecule has 0 bridgehead atoms. The Morgan fingerprint density at radius 2 is 1.96 bits per heavy atom. The molecular formula is C15H15ClF3N3O. The highest BCUT2D eigenvalue weighted by atomic mass is 35.5. The van der Waals surface area contributed by atoms with Crippen LogP contribution >= 0.6 is 11.6 Å². The minimum absolute atomic E-state index is 0.337. The summed E-state index contributed by atoms with van der Waals surface area (Å²) in [5, 5.41) is 5.58. The normalized spacial score (nSPS) is 13.0. The molecule has 0 aliphatic carbocycles. The van der Waals surface area contributed by atoms with Gasteiger partial charge >= 0.3 is 6.18 Å². The number of nitrogens with one attached hydrogen (secondary N) is 1. The first kappa shape index (κ1) is 17.3. The molecule has 2 rings (SSSR count). The number of nitrogens with zero attached hydrogens (tertiary/aromatic N) is 2. The lowest BCUT2D eigenvalue weighted by atomic mass is 10.0. The maximum absolute atomic E-state index is 12.9. The van der Waals surface area contributed by atoms with E-state index in [1.54, 1.807) is 0 Å². The van der Waals surface area contributed by atoms with Crippen LogP contribution in [0.5, 0.6) is 0 Å². The van der Waals surface area contributed by atoms with Crippen LogP contribution in [0.1, 0.15) is 41.1 Å². The number of benzene rings is 1. The van der Waals surface area contributed by atoms with E-state index < -0.39 is 28.5 Å². The molecule has 1 atom stereocenters. The van der Waals surface area contributed by atoms with Crippen molar-refractivity contribution >= 4 is 17.5 Å². The molecule has 23 heavy (non-hydrogen) atoms. The Bertz CT molecular complexity index is 698. The molecule has 0 saturated heterocycles. The Labute approximate surface area is 136 Å². The third-order valence-corrected chi connectivity index (χ3v) is 3.75. The topological polar surface area (TPSA) is 46.9 Å². The highest BCUT2D eigenvalue weighted by Crippen LogP contribution is 2.36. The molecule has 1 aromatic carbocycles. The van der Waals surface area contributed by atoms with E-state index >= 15 is 0 Å². The second-order valence-electron chi connectivity index (χ2n) is 4.98. The highest BCUT2D eigenvalue weighted by Gasteiger charge is 2.40. The first-order valence-electron chi connectivity index (χ1n) is 6.91. The van der Waals surface area contributed by atoms with Crippen LogP contribution in [0.15, 0.2) is 30.3 Å². The predicted octanol–water partition coefficient (Wildman–Crippen LogP) is 3.97. The molecule has 0 fully saturated rings. The maximum Gasteiger partial charge on any atom is 0.434 e. The van der Waals surface area contributed by atoms with Gasteiger partial charge in [-0.2, -0.15) is 18.3 Å². The fraction of sp³-hybridized carbons (Fsp3) is 0.333. The quantitative estimate of drug-likeness (QED) is 0.911. The molecule has 1 N–H and O–H groups in total. The van der Waals surface area contributed by atoms with Crippen LogP contribution in [-0.4, -0.2) is 15.7 Å². The number of hydrogen-bond acceptors (Lipinski definition) is 2. The summed E-state index contributed by atoms with van der Waals surface area (Å²) in [5.41, 5.74) is -0.723. The molecule has 4 nitrogen and oxygen atoms in total. The van der Waals surface area contributed by atoms with E-state index in [9.17, 15) is 18.0 Å². The van der Waals surface area contributed by atoms with Gasteiger partial charge in [0.15, 0.2) is 11.4 Å². The van der Waals surface area contributed by atoms with Gasteiger partial charge in [-0.25, -0.2) is 0 Å². The summed E-state index contributed by atoms with van der Waals surface area (Å²) >= 11 is 5.72. The Kier molecular flexibility index (Phi) is 4.99. The van der Waals surface area contributed by atoms with Gasteiger partial charge in [0.25, 0.3) is 5.91 Å². The van der Waals surface area contributed by atoms with Crippen LogP contribution in [-0.2, 0) is 13.2 Å². The van der Waals surface area contributed by atoms with Crippen molar-refractivity contribution in [3.05, 3.63) is 52.3 Å². The molecule has 0 spiro atoms. The molecule has 0 aliphatic rings. The van der Waals surface area contributed by atoms with Gasteiger partial charge in [0, 0.05) is 7.05 Å². The Balaban J connectivity index is 2.28. The average Bonchev–Trinajstić information content (AvgIpc) is 2.80. The molecule has 2 aromatic rings. The zero-order valence-electron chi connectivity index (χ0n) is 12.5. The summed E-state index contributed by atoms with van der Waals surface area (Å²) in [6, 6.07) is 8.80. The minimum Gasteiger partial charge on any atom is -0.344 e. The highest BCUT2D eigenvalue weighted by molar-refractivity contribution is 6.34. The third kappa shape index (κ3) is 3.67. The molecule has 0 saturated carbocycles. The number of alkyl halides is 3. The number of amides is 1. The van der Waals surface area contributed by atoms with Gasteiger partial charge in [-0.3, -0.25) is 9.48 Å². The van der Waals surface area contributed by atoms with Crippen LogP contribution in [0.3, 0.4) is 0 Å². The Hall–Kier alpha value is -2.02. The summed E-state index contributed by atoms with van der Waals surface area (Å²) in [7, 11) is 1.10. The molecule has 0 radical (unpaired) electrons. The van der Waals surface area contributed by atoms with Crippen molar-refractivity contribution in [2.24, 2.45) is 7.05 Å². The Morgan fingerprint density at radius 3 is 2.43 bits per heavy atom. The number of carbonyl (C=O) groups excluding carboxylic acids is 1. The zero-order chi connectivity index (χ0) is 17.2. The molecular weight excluding hydrogens is 331 g/mol. The van der Waals surface area contributed by atoms with Crippen molar-refractivity contribution in [3.8, 4) is 0 Å². The monoisotopic (exact) mass is 345 g/mol. The third-order valence-electron chi connectivity index (χ3n) is 3.39. The molecule has 1 aromatic heterocycles. The van der Waals surface area contributed by atoms with E-state index in [1.807, 2.05) is 37.3 Å². The summed E-state index contributed by atoms with van der Waals surface area (Å²) in [6.07, 6.45) is -4.10. The van der Waals surface area contributed by atoms with Crippen molar-refractivity contribution < 1.29 is 18.0 Å². The summed E-state index contributed by atoms with van der Waals surface area (Å²) in [5.74, 6) is -0.739. The van der Waals surface area contributed by atoms with Gasteiger partial charge in [-0.15, -0.1) is 0 Å². The SMILES string of the molecule is CCC(NC(=O)c1nn(C)c(C(F)(F)F)c1Cl)c1ccccc1. The van der Waals surface area contributed by atoms with Crippen LogP contribution in [0, 0.1) is 0 Å². The minimum atomic E-state index is -4.68. The van der Waals surface area contributed by atoms with Crippen molar-refractivity contribution in [2.75, 3.05) is 0 Å². The summed E-state index contributed by atoms with van der Waals surface area (Å²) in [6.45, 7) is 1.86. The predicted molar refractivity (Wildman–Crippen MR) is 80.2 cm³/mol. The van der Waals surface area contributed by atoms with Gasteiger partial charge in [-0.05, 0) is 12.0 Å². The van der Waals surface area contributed by atoms with Crippen LogP contribution in [0.2, 0.25) is 5.02 Å². The van der Waals surface area contributed by atoms with Gasteiger partial charge < -0.3 is 5.32 Å². The van der Waals surface area contributed by atoms with Crippen molar-refractivity contribution in [3.63, 3.8) is 0 Å². The zero-order valence-corrected chi connectivity index (χ0v) is 13.2. The second kappa shape index (κ2) is 6.62. The van der Waals surface area contributed by atoms with Gasteiger partial charge in [0.2, 0.25) is 0 Å². The molecule has 0 aliphatic heterocycles. The standard InChI is InChI=1S/C15H15ClF3N3O/c1-3-10(9-7-5-4-6-8-9)20-14(23)12-11(16)13(15(17,18)19)22(2)21-12/h4-8,10H,3H2,1-2H3,(H,20,23). The summed E-state index contributed by atoms with van der Waals surface area (Å²) < 4.78 is 39.3. The van der Waals surface area contributed by atoms with Crippen molar-refractivity contribution in [1.82, 2.24) is 15.1 Å². The van der Waals surface area contributed by atoms with Crippen LogP contribution in [0.25, 0.3) is 0 Å². The molecule has 1 amide bonds. The molecule has 1 heterocycles. The fourth-order valence-corrected chi connectivity index (χ4v) is 2.64. The molecule has 124 valence electrons. The van der Waals surface area contributed by atoms with E-state index in [2.05, 4.69) is 10.4 Å². The molecule has 8 heteroatoms. The largest absolute Gasteiger partial charge is 0.434 e. The van der Waals surface area contributed by atoms with Crippen LogP contribution < -0.4 is 5.32 Å². The lowest BCUT2D eigenvalue weighted by molar-refractivity contribution is -0.143. The first-order valence-corrected chi connectivity index (χ1v) is 7.29. The maximum atomic E-state index is 12.9. The smallest absolute Gasteiger partial charge is 0.344 e. The number of aryl methyl sites for hydroxylation is 1. The van der Waals surface area contributed by atoms with Gasteiger partial charge in [0.1, 0.15) is 5.02 Å². The summed E-state index contributed by atoms with van der Waals surface area (Å²) in [4.78, 5) is 12.3. The van der Waals surface area contributed by atoms with Gasteiger partial charge in [-0.1, -0.05) is 48.9 Å². The van der Waals surface area contributed by atoms with E-state index in [-0.39, 0.29) is 6.04 Å². The lowest BCUT2D eigenvalue weighted by Gasteiger charge is -2.16. The average molecular weight is 346 g/mol. The number of aromatic nitrogens is 2. The lowest BCUT2D eigenvalue weighted by Crippen LogP contribution is -2.28. The van der Waals surface area contributed by atoms with E-state index in [4.69, 9.17) is 11.6 Å². The second-order valence-corrected chi connectivity index (χ2v) is 5.36. The van der Waals surface area contributed by atoms with Gasteiger partial charge in [0.05, 0.1) is 6.04 Å². The van der Waals surface area contributed by atoms with Crippen molar-refractivity contribution in [2.45, 2.75) is 25.6 Å². The van der Waals surface area contributed by atoms with Crippen molar-refractivity contribution in [1.29, 1.82) is 0 Å².